The summed E-state index contributed by atoms with van der Waals surface area (Å²) in [6, 6.07) is 16.1. The molecule has 0 saturated carbocycles. The number of alkyl halides is 3. The van der Waals surface area contributed by atoms with Gasteiger partial charge in [0.1, 0.15) is 28.9 Å². The van der Waals surface area contributed by atoms with Crippen molar-refractivity contribution in [3.05, 3.63) is 128 Å². The van der Waals surface area contributed by atoms with Crippen molar-refractivity contribution in [3.63, 3.8) is 0 Å². The molecule has 0 saturated heterocycles. The lowest BCUT2D eigenvalue weighted by Gasteiger charge is -2.27. The van der Waals surface area contributed by atoms with Crippen LogP contribution < -0.4 is 9.64 Å². The summed E-state index contributed by atoms with van der Waals surface area (Å²) < 4.78 is 66.1. The fourth-order valence-electron chi connectivity index (χ4n) is 4.18. The number of amides is 1. The summed E-state index contributed by atoms with van der Waals surface area (Å²) in [5, 5.41) is 19.8. The number of esters is 2. The van der Waals surface area contributed by atoms with E-state index < -0.39 is 70.2 Å². The number of hydrogen-bond acceptors (Lipinski definition) is 9. The van der Waals surface area contributed by atoms with Crippen LogP contribution in [0.2, 0.25) is 10.0 Å². The lowest BCUT2D eigenvalue weighted by atomic mass is 10.1. The Kier molecular flexibility index (Phi) is 14.1. The molecule has 0 aliphatic carbocycles. The molecule has 18 heteroatoms. The number of carboxylic acids is 1. The Balaban J connectivity index is 0.000000294. The van der Waals surface area contributed by atoms with Gasteiger partial charge >= 0.3 is 24.1 Å². The zero-order valence-electron chi connectivity index (χ0n) is 26.9. The van der Waals surface area contributed by atoms with Crippen LogP contribution in [0.1, 0.15) is 40.1 Å². The number of hydrogen-bond donors (Lipinski definition) is 1. The quantitative estimate of drug-likeness (QED) is 0.0679. The van der Waals surface area contributed by atoms with Crippen LogP contribution in [0.5, 0.6) is 11.5 Å². The van der Waals surface area contributed by atoms with Crippen molar-refractivity contribution in [2.24, 2.45) is 0 Å². The molecule has 1 atom stereocenters. The second-order valence-corrected chi connectivity index (χ2v) is 11.0. The summed E-state index contributed by atoms with van der Waals surface area (Å²) >= 11 is 11.5. The summed E-state index contributed by atoms with van der Waals surface area (Å²) in [6.45, 7) is 2.20. The molecule has 0 fully saturated rings. The number of benzene rings is 4. The predicted octanol–water partition coefficient (Wildman–Crippen LogP) is 8.38. The predicted molar refractivity (Wildman–Crippen MR) is 178 cm³/mol. The first-order chi connectivity index (χ1) is 24.4. The van der Waals surface area contributed by atoms with E-state index in [2.05, 4.69) is 4.74 Å². The summed E-state index contributed by atoms with van der Waals surface area (Å²) in [6.07, 6.45) is -4.61. The molecule has 4 aromatic rings. The molecule has 1 N–H and O–H groups in total. The molecule has 274 valence electrons. The minimum absolute atomic E-state index is 0.0493. The van der Waals surface area contributed by atoms with Gasteiger partial charge in [-0.15, -0.1) is 0 Å². The summed E-state index contributed by atoms with van der Waals surface area (Å²) in [5.74, 6) is -4.67. The third kappa shape index (κ3) is 10.9. The zero-order chi connectivity index (χ0) is 38.7. The fourth-order valence-corrected chi connectivity index (χ4v) is 4.57. The van der Waals surface area contributed by atoms with Gasteiger partial charge in [0.25, 0.3) is 11.6 Å². The molecular weight excluding hydrogens is 743 g/mol. The minimum atomic E-state index is -4.61. The van der Waals surface area contributed by atoms with Gasteiger partial charge in [0.15, 0.2) is 6.61 Å². The standard InChI is InChI=1S/C18H13ClF3NO7.C16H13ClFNO3/c1-2-28-16(24)9-29-17(25)12-8-11(4-5-14(12)23(26)27)30-15-6-3-10(7-13(15)19)18(20,21)22;1-10(16(21)22)19(12-7-8-14(18)13(17)9-12)15(20)11-5-3-2-4-6-11/h3-8H,2,9H2,1H3;2-10H,1H3,(H,21,22)/t;10-/m.1/s1. The highest BCUT2D eigenvalue weighted by molar-refractivity contribution is 6.32. The molecule has 0 aromatic heterocycles. The molecule has 12 nitrogen and oxygen atoms in total. The highest BCUT2D eigenvalue weighted by Crippen LogP contribution is 2.37. The Labute approximate surface area is 302 Å². The van der Waals surface area contributed by atoms with Gasteiger partial charge < -0.3 is 19.3 Å². The van der Waals surface area contributed by atoms with E-state index in [1.165, 1.54) is 26.0 Å². The molecular formula is C34H26Cl2F4N2O10. The Morgan fingerprint density at radius 2 is 1.60 bits per heavy atom. The van der Waals surface area contributed by atoms with Crippen LogP contribution in [-0.2, 0) is 25.2 Å². The topological polar surface area (TPSA) is 163 Å². The first-order valence-electron chi connectivity index (χ1n) is 14.7. The van der Waals surface area contributed by atoms with Gasteiger partial charge in [0.2, 0.25) is 0 Å². The van der Waals surface area contributed by atoms with Crippen molar-refractivity contribution >= 4 is 58.4 Å². The molecule has 52 heavy (non-hydrogen) atoms. The number of nitrogens with zero attached hydrogens (tertiary/aromatic N) is 2. The first kappa shape index (κ1) is 40.7. The van der Waals surface area contributed by atoms with Crippen molar-refractivity contribution < 1.29 is 61.0 Å². The SMILES string of the molecule is CCOC(=O)COC(=O)c1cc(Oc2ccc(C(F)(F)F)cc2Cl)ccc1[N+](=O)[O-].C[C@H](C(=O)O)N(C(=O)c1ccccc1)c1ccc(F)c(Cl)c1. The van der Waals surface area contributed by atoms with Crippen LogP contribution >= 0.6 is 23.2 Å². The van der Waals surface area contributed by atoms with Gasteiger partial charge in [-0.2, -0.15) is 13.2 Å². The van der Waals surface area contributed by atoms with Crippen molar-refractivity contribution in [1.82, 2.24) is 0 Å². The van der Waals surface area contributed by atoms with Crippen molar-refractivity contribution in [1.29, 1.82) is 0 Å². The maximum atomic E-state index is 13.3. The van der Waals surface area contributed by atoms with E-state index in [0.29, 0.717) is 11.6 Å². The monoisotopic (exact) mass is 768 g/mol. The van der Waals surface area contributed by atoms with Gasteiger partial charge in [0.05, 0.1) is 27.1 Å². The van der Waals surface area contributed by atoms with Crippen LogP contribution in [0.3, 0.4) is 0 Å². The van der Waals surface area contributed by atoms with E-state index in [0.717, 1.165) is 41.3 Å². The Hall–Kier alpha value is -5.74. The van der Waals surface area contributed by atoms with Gasteiger partial charge in [-0.3, -0.25) is 19.8 Å². The number of carboxylic acid groups (broad SMARTS) is 1. The summed E-state index contributed by atoms with van der Waals surface area (Å²) in [4.78, 5) is 58.7. The third-order valence-corrected chi connectivity index (χ3v) is 7.25. The Bertz CT molecular complexity index is 1960. The maximum absolute atomic E-state index is 13.3. The summed E-state index contributed by atoms with van der Waals surface area (Å²) in [5.41, 5.74) is -1.61. The van der Waals surface area contributed by atoms with E-state index in [4.69, 9.17) is 32.7 Å². The molecule has 1 amide bonds. The summed E-state index contributed by atoms with van der Waals surface area (Å²) in [7, 11) is 0. The van der Waals surface area contributed by atoms with E-state index in [1.807, 2.05) is 0 Å². The smallest absolute Gasteiger partial charge is 0.416 e. The molecule has 0 aliphatic rings. The molecule has 0 aliphatic heterocycles. The maximum Gasteiger partial charge on any atom is 0.416 e. The lowest BCUT2D eigenvalue weighted by Crippen LogP contribution is -2.43. The van der Waals surface area contributed by atoms with Crippen LogP contribution in [0, 0.1) is 15.9 Å². The normalized spacial score (nSPS) is 11.3. The lowest BCUT2D eigenvalue weighted by molar-refractivity contribution is -0.385. The largest absolute Gasteiger partial charge is 0.480 e. The van der Waals surface area contributed by atoms with Gasteiger partial charge in [0, 0.05) is 23.4 Å². The van der Waals surface area contributed by atoms with Gasteiger partial charge in [-0.25, -0.2) is 18.8 Å². The number of anilines is 1. The second kappa shape index (κ2) is 18.0. The molecule has 0 heterocycles. The Morgan fingerprint density at radius 3 is 2.15 bits per heavy atom. The second-order valence-electron chi connectivity index (χ2n) is 10.2. The van der Waals surface area contributed by atoms with E-state index in [1.54, 1.807) is 30.3 Å². The number of ether oxygens (including phenoxy) is 3. The number of nitro benzene ring substituents is 1. The first-order valence-corrected chi connectivity index (χ1v) is 15.4. The number of carbonyl (C=O) groups excluding carboxylic acids is 3. The number of carbonyl (C=O) groups is 4. The van der Waals surface area contributed by atoms with Crippen molar-refractivity contribution in [3.8, 4) is 11.5 Å². The molecule has 0 unspecified atom stereocenters. The zero-order valence-corrected chi connectivity index (χ0v) is 28.4. The van der Waals surface area contributed by atoms with Crippen LogP contribution in [0.25, 0.3) is 0 Å². The molecule has 4 rings (SSSR count). The van der Waals surface area contributed by atoms with Crippen molar-refractivity contribution in [2.75, 3.05) is 18.1 Å². The highest BCUT2D eigenvalue weighted by atomic mass is 35.5. The minimum Gasteiger partial charge on any atom is -0.480 e. The van der Waals surface area contributed by atoms with Gasteiger partial charge in [-0.1, -0.05) is 41.4 Å². The molecule has 0 spiro atoms. The number of halogens is 6. The van der Waals surface area contributed by atoms with Crippen molar-refractivity contribution in [2.45, 2.75) is 26.1 Å². The van der Waals surface area contributed by atoms with E-state index >= 15 is 0 Å². The molecule has 4 aromatic carbocycles. The average Bonchev–Trinajstić information content (AvgIpc) is 3.09. The fraction of sp³-hybridized carbons (Fsp3) is 0.176. The van der Waals surface area contributed by atoms with E-state index in [-0.39, 0.29) is 33.8 Å². The number of aliphatic carboxylic acids is 1. The number of rotatable bonds is 11. The van der Waals surface area contributed by atoms with Crippen LogP contribution in [0.15, 0.2) is 84.9 Å². The Morgan fingerprint density at radius 1 is 0.923 bits per heavy atom. The van der Waals surface area contributed by atoms with E-state index in [9.17, 15) is 52.0 Å². The van der Waals surface area contributed by atoms with Gasteiger partial charge in [-0.05, 0) is 68.4 Å². The van der Waals surface area contributed by atoms with Crippen LogP contribution in [0.4, 0.5) is 28.9 Å². The average molecular weight is 769 g/mol. The molecule has 0 bridgehead atoms. The number of nitro groups is 1. The van der Waals surface area contributed by atoms with Crippen LogP contribution in [-0.4, -0.2) is 53.1 Å². The highest BCUT2D eigenvalue weighted by Gasteiger charge is 2.32. The third-order valence-electron chi connectivity index (χ3n) is 6.66. The molecule has 0 radical (unpaired) electrons.